The Morgan fingerprint density at radius 2 is 2.19 bits per heavy atom. The molecule has 0 radical (unpaired) electrons. The number of alkyl halides is 1. The number of amides is 1. The molecular formula is C21H27ClFN3O. The standard InChI is InChI=1S/C21H27ClFN3O/c1-13(2)9-19-21-16(17-10-14(22)3-4-18(17)24-21)6-8-26(19)20(27)12-25-7-5-15(23)11-25/h3-4,10,13,15,19,24H,5-9,11-12H2,1-2H3. The Hall–Kier alpha value is -1.59. The molecule has 2 aromatic rings. The molecule has 6 heteroatoms. The molecule has 0 aliphatic carbocycles. The van der Waals surface area contributed by atoms with E-state index in [1.807, 2.05) is 28.0 Å². The van der Waals surface area contributed by atoms with Crippen molar-refractivity contribution in [2.24, 2.45) is 5.92 Å². The monoisotopic (exact) mass is 391 g/mol. The van der Waals surface area contributed by atoms with E-state index in [0.717, 1.165) is 34.5 Å². The van der Waals surface area contributed by atoms with Gasteiger partial charge < -0.3 is 9.88 Å². The zero-order chi connectivity index (χ0) is 19.1. The molecular weight excluding hydrogens is 365 g/mol. The van der Waals surface area contributed by atoms with Crippen molar-refractivity contribution in [3.63, 3.8) is 0 Å². The highest BCUT2D eigenvalue weighted by molar-refractivity contribution is 6.31. The van der Waals surface area contributed by atoms with Gasteiger partial charge in [0.15, 0.2) is 0 Å². The molecule has 3 heterocycles. The number of nitrogens with zero attached hydrogens (tertiary/aromatic N) is 2. The summed E-state index contributed by atoms with van der Waals surface area (Å²) in [6.45, 7) is 6.44. The molecule has 1 aromatic carbocycles. The summed E-state index contributed by atoms with van der Waals surface area (Å²) in [5.74, 6) is 0.574. The van der Waals surface area contributed by atoms with Gasteiger partial charge in [0.2, 0.25) is 5.91 Å². The second-order valence-electron chi connectivity index (χ2n) is 8.31. The molecule has 1 saturated heterocycles. The molecule has 4 rings (SSSR count). The summed E-state index contributed by atoms with van der Waals surface area (Å²) < 4.78 is 13.5. The third kappa shape index (κ3) is 3.72. The molecule has 1 fully saturated rings. The van der Waals surface area contributed by atoms with Crippen LogP contribution in [-0.4, -0.2) is 53.0 Å². The second kappa shape index (κ2) is 7.44. The van der Waals surface area contributed by atoms with E-state index in [0.29, 0.717) is 38.5 Å². The van der Waals surface area contributed by atoms with Crippen LogP contribution in [-0.2, 0) is 11.2 Å². The van der Waals surface area contributed by atoms with Gasteiger partial charge in [-0.05, 0) is 48.9 Å². The Morgan fingerprint density at radius 1 is 1.37 bits per heavy atom. The maximum absolute atomic E-state index is 13.5. The molecule has 1 aromatic heterocycles. The van der Waals surface area contributed by atoms with E-state index in [-0.39, 0.29) is 11.9 Å². The number of halogens is 2. The van der Waals surface area contributed by atoms with Crippen molar-refractivity contribution < 1.29 is 9.18 Å². The Kier molecular flexibility index (Phi) is 5.17. The smallest absolute Gasteiger partial charge is 0.237 e. The molecule has 0 saturated carbocycles. The van der Waals surface area contributed by atoms with Gasteiger partial charge in [0, 0.05) is 41.3 Å². The van der Waals surface area contributed by atoms with E-state index in [2.05, 4.69) is 18.8 Å². The summed E-state index contributed by atoms with van der Waals surface area (Å²) in [6.07, 6.45) is 1.47. The Bertz CT molecular complexity index is 849. The van der Waals surface area contributed by atoms with Crippen molar-refractivity contribution >= 4 is 28.4 Å². The van der Waals surface area contributed by atoms with Crippen LogP contribution in [0.2, 0.25) is 5.02 Å². The number of aromatic nitrogens is 1. The largest absolute Gasteiger partial charge is 0.356 e. The number of benzene rings is 1. The third-order valence-corrected chi connectivity index (χ3v) is 6.04. The van der Waals surface area contributed by atoms with E-state index in [9.17, 15) is 9.18 Å². The Morgan fingerprint density at radius 3 is 2.89 bits per heavy atom. The number of likely N-dealkylation sites (tertiary alicyclic amines) is 1. The fraction of sp³-hybridized carbons (Fsp3) is 0.571. The number of nitrogens with one attached hydrogen (secondary N) is 1. The molecule has 1 N–H and O–H groups in total. The number of hydrogen-bond acceptors (Lipinski definition) is 2. The fourth-order valence-corrected chi connectivity index (χ4v) is 4.71. The molecule has 0 spiro atoms. The number of carbonyl (C=O) groups excluding carboxylic acids is 1. The fourth-order valence-electron chi connectivity index (χ4n) is 4.54. The highest BCUT2D eigenvalue weighted by Gasteiger charge is 2.35. The lowest BCUT2D eigenvalue weighted by Crippen LogP contribution is -2.45. The van der Waals surface area contributed by atoms with E-state index in [4.69, 9.17) is 11.6 Å². The zero-order valence-corrected chi connectivity index (χ0v) is 16.7. The summed E-state index contributed by atoms with van der Waals surface area (Å²) in [5, 5.41) is 1.90. The van der Waals surface area contributed by atoms with Gasteiger partial charge in [-0.1, -0.05) is 25.4 Å². The molecule has 4 nitrogen and oxygen atoms in total. The van der Waals surface area contributed by atoms with Crippen LogP contribution in [0, 0.1) is 5.92 Å². The van der Waals surface area contributed by atoms with Crippen molar-refractivity contribution in [1.29, 1.82) is 0 Å². The van der Waals surface area contributed by atoms with Gasteiger partial charge in [-0.25, -0.2) is 4.39 Å². The van der Waals surface area contributed by atoms with Crippen molar-refractivity contribution in [2.75, 3.05) is 26.2 Å². The summed E-state index contributed by atoms with van der Waals surface area (Å²) in [4.78, 5) is 20.6. The minimum absolute atomic E-state index is 0.0382. The van der Waals surface area contributed by atoms with Crippen molar-refractivity contribution in [3.8, 4) is 0 Å². The highest BCUT2D eigenvalue weighted by Crippen LogP contribution is 2.38. The number of fused-ring (bicyclic) bond motifs is 3. The number of hydrogen-bond donors (Lipinski definition) is 1. The molecule has 2 aliphatic rings. The molecule has 146 valence electrons. The molecule has 2 unspecified atom stereocenters. The van der Waals surface area contributed by atoms with Gasteiger partial charge in [-0.3, -0.25) is 9.69 Å². The SMILES string of the molecule is CC(C)CC1c2[nH]c3ccc(Cl)cc3c2CCN1C(=O)CN1CCC(F)C1. The van der Waals surface area contributed by atoms with E-state index < -0.39 is 6.17 Å². The molecule has 27 heavy (non-hydrogen) atoms. The minimum Gasteiger partial charge on any atom is -0.356 e. The van der Waals surface area contributed by atoms with Gasteiger partial charge in [0.05, 0.1) is 12.6 Å². The average molecular weight is 392 g/mol. The lowest BCUT2D eigenvalue weighted by Gasteiger charge is -2.37. The van der Waals surface area contributed by atoms with Crippen LogP contribution < -0.4 is 0 Å². The first-order valence-electron chi connectivity index (χ1n) is 9.88. The summed E-state index contributed by atoms with van der Waals surface area (Å²) in [5.41, 5.74) is 3.50. The van der Waals surface area contributed by atoms with E-state index in [1.54, 1.807) is 0 Å². The first-order chi connectivity index (χ1) is 12.9. The maximum atomic E-state index is 13.5. The second-order valence-corrected chi connectivity index (χ2v) is 8.75. The van der Waals surface area contributed by atoms with Crippen LogP contribution in [0.3, 0.4) is 0 Å². The van der Waals surface area contributed by atoms with Gasteiger partial charge in [-0.15, -0.1) is 0 Å². The summed E-state index contributed by atoms with van der Waals surface area (Å²) in [7, 11) is 0. The highest BCUT2D eigenvalue weighted by atomic mass is 35.5. The Labute approximate surface area is 164 Å². The topological polar surface area (TPSA) is 39.3 Å². The third-order valence-electron chi connectivity index (χ3n) is 5.80. The minimum atomic E-state index is -0.796. The average Bonchev–Trinajstić information content (AvgIpc) is 3.18. The van der Waals surface area contributed by atoms with Crippen LogP contribution in [0.25, 0.3) is 10.9 Å². The van der Waals surface area contributed by atoms with Crippen molar-refractivity contribution in [3.05, 3.63) is 34.5 Å². The predicted octanol–water partition coefficient (Wildman–Crippen LogP) is 4.34. The molecule has 1 amide bonds. The zero-order valence-electron chi connectivity index (χ0n) is 16.0. The van der Waals surface area contributed by atoms with E-state index >= 15 is 0 Å². The maximum Gasteiger partial charge on any atom is 0.237 e. The molecule has 2 atom stereocenters. The van der Waals surface area contributed by atoms with Gasteiger partial charge in [-0.2, -0.15) is 0 Å². The van der Waals surface area contributed by atoms with Gasteiger partial charge in [0.25, 0.3) is 0 Å². The number of H-pyrrole nitrogens is 1. The lowest BCUT2D eigenvalue weighted by molar-refractivity contribution is -0.135. The van der Waals surface area contributed by atoms with Crippen LogP contribution in [0.15, 0.2) is 18.2 Å². The van der Waals surface area contributed by atoms with E-state index in [1.165, 1.54) is 5.56 Å². The quantitative estimate of drug-likeness (QED) is 0.842. The summed E-state index contributed by atoms with van der Waals surface area (Å²) >= 11 is 6.21. The van der Waals surface area contributed by atoms with Crippen LogP contribution >= 0.6 is 11.6 Å². The first-order valence-corrected chi connectivity index (χ1v) is 10.3. The van der Waals surface area contributed by atoms with Crippen molar-refractivity contribution in [1.82, 2.24) is 14.8 Å². The lowest BCUT2D eigenvalue weighted by atomic mass is 9.91. The first kappa shape index (κ1) is 18.8. The van der Waals surface area contributed by atoms with Crippen LogP contribution in [0.1, 0.15) is 44.0 Å². The van der Waals surface area contributed by atoms with Gasteiger partial charge in [0.1, 0.15) is 6.17 Å². The van der Waals surface area contributed by atoms with Crippen molar-refractivity contribution in [2.45, 2.75) is 45.3 Å². The summed E-state index contributed by atoms with van der Waals surface area (Å²) in [6, 6.07) is 5.96. The normalized spacial score (nSPS) is 23.4. The molecule has 2 aliphatic heterocycles. The van der Waals surface area contributed by atoms with Crippen LogP contribution in [0.5, 0.6) is 0 Å². The van der Waals surface area contributed by atoms with Gasteiger partial charge >= 0.3 is 0 Å². The predicted molar refractivity (Wildman–Crippen MR) is 107 cm³/mol. The molecule has 0 bridgehead atoms. The van der Waals surface area contributed by atoms with Crippen LogP contribution in [0.4, 0.5) is 4.39 Å². The number of carbonyl (C=O) groups is 1. The Balaban J connectivity index is 1.63. The number of rotatable bonds is 4. The number of aromatic amines is 1.